The minimum absolute atomic E-state index is 0.0913. The van der Waals surface area contributed by atoms with Crippen LogP contribution in [0.3, 0.4) is 0 Å². The van der Waals surface area contributed by atoms with E-state index in [0.717, 1.165) is 11.3 Å². The van der Waals surface area contributed by atoms with Crippen LogP contribution in [0.2, 0.25) is 10.0 Å². The molecule has 1 aliphatic rings. The van der Waals surface area contributed by atoms with Crippen LogP contribution in [0.4, 0.5) is 5.69 Å². The van der Waals surface area contributed by atoms with Gasteiger partial charge in [0.2, 0.25) is 0 Å². The molecule has 0 aromatic heterocycles. The van der Waals surface area contributed by atoms with Gasteiger partial charge < -0.3 is 5.32 Å². The van der Waals surface area contributed by atoms with Gasteiger partial charge >= 0.3 is 0 Å². The van der Waals surface area contributed by atoms with E-state index < -0.39 is 0 Å². The van der Waals surface area contributed by atoms with Crippen molar-refractivity contribution in [3.8, 4) is 0 Å². The van der Waals surface area contributed by atoms with Gasteiger partial charge in [0.1, 0.15) is 5.37 Å². The zero-order valence-electron chi connectivity index (χ0n) is 8.78. The van der Waals surface area contributed by atoms with Crippen molar-refractivity contribution in [1.29, 1.82) is 0 Å². The summed E-state index contributed by atoms with van der Waals surface area (Å²) in [4.78, 5) is 1.23. The normalized spacial score (nSPS) is 17.6. The molecule has 2 aromatic rings. The second-order valence-electron chi connectivity index (χ2n) is 3.77. The topological polar surface area (TPSA) is 12.0 Å². The van der Waals surface area contributed by atoms with Crippen molar-refractivity contribution in [2.45, 2.75) is 10.3 Å². The number of thioether (sulfide) groups is 1. The molecule has 4 heteroatoms. The molecule has 0 bridgehead atoms. The molecule has 1 unspecified atom stereocenters. The third-order valence-corrected chi connectivity index (χ3v) is 4.54. The summed E-state index contributed by atoms with van der Waals surface area (Å²) in [5.41, 5.74) is 2.09. The fourth-order valence-corrected chi connectivity index (χ4v) is 3.85. The number of para-hydroxylation sites is 1. The molecule has 3 rings (SSSR count). The Hall–Kier alpha value is -0.830. The lowest BCUT2D eigenvalue weighted by atomic mass is 10.2. The number of nitrogens with one attached hydrogen (secondary N) is 1. The predicted octanol–water partition coefficient (Wildman–Crippen LogP) is 5.21. The number of rotatable bonds is 1. The summed E-state index contributed by atoms with van der Waals surface area (Å²) >= 11 is 14.2. The maximum Gasteiger partial charge on any atom is 0.106 e. The quantitative estimate of drug-likeness (QED) is 0.770. The lowest BCUT2D eigenvalue weighted by Crippen LogP contribution is -2.02. The maximum atomic E-state index is 6.21. The molecule has 0 fully saturated rings. The van der Waals surface area contributed by atoms with E-state index in [1.54, 1.807) is 11.8 Å². The lowest BCUT2D eigenvalue weighted by molar-refractivity contribution is 1.13. The van der Waals surface area contributed by atoms with Crippen LogP contribution in [0.1, 0.15) is 10.9 Å². The fraction of sp³-hybridized carbons (Fsp3) is 0.0769. The Kier molecular flexibility index (Phi) is 2.95. The van der Waals surface area contributed by atoms with E-state index in [4.69, 9.17) is 23.2 Å². The van der Waals surface area contributed by atoms with E-state index in [1.165, 1.54) is 4.90 Å². The molecule has 1 nitrogen and oxygen atoms in total. The van der Waals surface area contributed by atoms with Crippen molar-refractivity contribution >= 4 is 40.7 Å². The van der Waals surface area contributed by atoms with Gasteiger partial charge in [0.25, 0.3) is 0 Å². The molecule has 0 aliphatic carbocycles. The minimum atomic E-state index is 0.0913. The van der Waals surface area contributed by atoms with Gasteiger partial charge in [-0.05, 0) is 24.3 Å². The van der Waals surface area contributed by atoms with Crippen molar-refractivity contribution < 1.29 is 0 Å². The third kappa shape index (κ3) is 2.01. The third-order valence-electron chi connectivity index (χ3n) is 2.68. The smallest absolute Gasteiger partial charge is 0.106 e. The Labute approximate surface area is 114 Å². The Morgan fingerprint density at radius 2 is 1.65 bits per heavy atom. The van der Waals surface area contributed by atoms with Gasteiger partial charge in [0, 0.05) is 26.2 Å². The lowest BCUT2D eigenvalue weighted by Gasteiger charge is -2.14. The van der Waals surface area contributed by atoms with Crippen LogP contribution in [0, 0.1) is 0 Å². The van der Waals surface area contributed by atoms with E-state index in [0.29, 0.717) is 10.0 Å². The van der Waals surface area contributed by atoms with Crippen LogP contribution in [0.25, 0.3) is 0 Å². The monoisotopic (exact) mass is 281 g/mol. The predicted molar refractivity (Wildman–Crippen MR) is 75.1 cm³/mol. The molecule has 17 heavy (non-hydrogen) atoms. The summed E-state index contributed by atoms with van der Waals surface area (Å²) in [6.07, 6.45) is 0. The molecule has 0 saturated carbocycles. The molecule has 1 aliphatic heterocycles. The van der Waals surface area contributed by atoms with Gasteiger partial charge in [-0.25, -0.2) is 0 Å². The molecule has 2 aromatic carbocycles. The summed E-state index contributed by atoms with van der Waals surface area (Å²) < 4.78 is 0. The van der Waals surface area contributed by atoms with Gasteiger partial charge in [0.05, 0.1) is 0 Å². The first-order valence-electron chi connectivity index (χ1n) is 5.22. The molecular formula is C13H9Cl2NS. The number of hydrogen-bond donors (Lipinski definition) is 1. The van der Waals surface area contributed by atoms with Crippen molar-refractivity contribution in [3.05, 3.63) is 58.1 Å². The van der Waals surface area contributed by atoms with E-state index in [2.05, 4.69) is 17.4 Å². The molecule has 1 heterocycles. The van der Waals surface area contributed by atoms with E-state index in [-0.39, 0.29) is 5.37 Å². The van der Waals surface area contributed by atoms with Gasteiger partial charge in [-0.3, -0.25) is 0 Å². The first-order valence-corrected chi connectivity index (χ1v) is 6.85. The fourth-order valence-electron chi connectivity index (χ4n) is 1.88. The molecule has 86 valence electrons. The van der Waals surface area contributed by atoms with Crippen LogP contribution < -0.4 is 5.32 Å². The average molecular weight is 282 g/mol. The highest BCUT2D eigenvalue weighted by atomic mass is 35.5. The number of anilines is 1. The van der Waals surface area contributed by atoms with E-state index in [1.807, 2.05) is 30.3 Å². The molecule has 0 radical (unpaired) electrons. The molecule has 0 amide bonds. The molecule has 1 N–H and O–H groups in total. The van der Waals surface area contributed by atoms with Crippen LogP contribution in [-0.2, 0) is 0 Å². The van der Waals surface area contributed by atoms with Gasteiger partial charge in [-0.15, -0.1) is 0 Å². The standard InChI is InChI=1S/C13H9Cl2NS/c14-8-4-3-5-9(15)12(8)13-16-10-6-1-2-7-11(10)17-13/h1-7,13,16H. The highest BCUT2D eigenvalue weighted by Gasteiger charge is 2.25. The Morgan fingerprint density at radius 3 is 2.35 bits per heavy atom. The number of fused-ring (bicyclic) bond motifs is 1. The summed E-state index contributed by atoms with van der Waals surface area (Å²) in [7, 11) is 0. The minimum Gasteiger partial charge on any atom is -0.368 e. The van der Waals surface area contributed by atoms with E-state index >= 15 is 0 Å². The van der Waals surface area contributed by atoms with Crippen molar-refractivity contribution in [3.63, 3.8) is 0 Å². The number of hydrogen-bond acceptors (Lipinski definition) is 2. The second-order valence-corrected chi connectivity index (χ2v) is 5.74. The van der Waals surface area contributed by atoms with Crippen LogP contribution in [-0.4, -0.2) is 0 Å². The highest BCUT2D eigenvalue weighted by Crippen LogP contribution is 2.49. The molecular weight excluding hydrogens is 273 g/mol. The van der Waals surface area contributed by atoms with Gasteiger partial charge in [-0.1, -0.05) is 53.2 Å². The summed E-state index contributed by atoms with van der Waals surface area (Å²) in [6, 6.07) is 13.8. The molecule has 0 spiro atoms. The Bertz CT molecular complexity index is 526. The molecule has 1 atom stereocenters. The highest BCUT2D eigenvalue weighted by molar-refractivity contribution is 8.00. The first-order chi connectivity index (χ1) is 8.25. The van der Waals surface area contributed by atoms with E-state index in [9.17, 15) is 0 Å². The van der Waals surface area contributed by atoms with Crippen molar-refractivity contribution in [2.75, 3.05) is 5.32 Å². The largest absolute Gasteiger partial charge is 0.368 e. The summed E-state index contributed by atoms with van der Waals surface area (Å²) in [5, 5.41) is 4.93. The van der Waals surface area contributed by atoms with Crippen molar-refractivity contribution in [1.82, 2.24) is 0 Å². The SMILES string of the molecule is Clc1cccc(Cl)c1C1Nc2ccccc2S1. The number of halogens is 2. The van der Waals surface area contributed by atoms with Gasteiger partial charge in [-0.2, -0.15) is 0 Å². The van der Waals surface area contributed by atoms with Gasteiger partial charge in [0.15, 0.2) is 0 Å². The maximum absolute atomic E-state index is 6.21. The number of benzene rings is 2. The summed E-state index contributed by atoms with van der Waals surface area (Å²) in [6.45, 7) is 0. The Morgan fingerprint density at radius 1 is 0.941 bits per heavy atom. The van der Waals surface area contributed by atoms with Crippen LogP contribution in [0.15, 0.2) is 47.4 Å². The summed E-state index contributed by atoms with van der Waals surface area (Å²) in [5.74, 6) is 0. The first kappa shape index (κ1) is 11.3. The van der Waals surface area contributed by atoms with Crippen molar-refractivity contribution in [2.24, 2.45) is 0 Å². The average Bonchev–Trinajstić information content (AvgIpc) is 2.71. The van der Waals surface area contributed by atoms with Crippen LogP contribution in [0.5, 0.6) is 0 Å². The molecule has 0 saturated heterocycles. The zero-order valence-corrected chi connectivity index (χ0v) is 11.1. The van der Waals surface area contributed by atoms with Crippen LogP contribution >= 0.6 is 35.0 Å². The second kappa shape index (κ2) is 4.45. The zero-order chi connectivity index (χ0) is 11.8. The Balaban J connectivity index is 1.99.